The van der Waals surface area contributed by atoms with Crippen LogP contribution in [0, 0.1) is 11.3 Å². The molecule has 2 aliphatic carbocycles. The fourth-order valence-electron chi connectivity index (χ4n) is 3.86. The van der Waals surface area contributed by atoms with Crippen LogP contribution in [0.1, 0.15) is 42.0 Å². The maximum atomic E-state index is 8.93. The Kier molecular flexibility index (Phi) is 3.84. The lowest BCUT2D eigenvalue weighted by atomic mass is 10.0. The maximum absolute atomic E-state index is 8.93. The van der Waals surface area contributed by atoms with Crippen LogP contribution in [-0.4, -0.2) is 17.7 Å². The summed E-state index contributed by atoms with van der Waals surface area (Å²) in [7, 11) is 0. The summed E-state index contributed by atoms with van der Waals surface area (Å²) in [4.78, 5) is 0. The van der Waals surface area contributed by atoms with Gasteiger partial charge in [0.25, 0.3) is 0 Å². The molecule has 2 aromatic carbocycles. The number of hydrogen-bond donors (Lipinski definition) is 1. The Hall–Kier alpha value is -2.90. The number of benzene rings is 2. The molecule has 0 bridgehead atoms. The van der Waals surface area contributed by atoms with Crippen molar-refractivity contribution >= 4 is 0 Å². The highest BCUT2D eigenvalue weighted by Gasteiger charge is 2.49. The smallest absolute Gasteiger partial charge is 0.167 e. The van der Waals surface area contributed by atoms with Crippen LogP contribution in [0.2, 0.25) is 0 Å². The Morgan fingerprint density at radius 1 is 1.11 bits per heavy atom. The van der Waals surface area contributed by atoms with E-state index in [1.807, 2.05) is 24.3 Å². The van der Waals surface area contributed by atoms with Crippen molar-refractivity contribution in [3.8, 4) is 17.4 Å². The van der Waals surface area contributed by atoms with E-state index in [-0.39, 0.29) is 5.41 Å². The number of hydrogen-bond acceptors (Lipinski definition) is 4. The lowest BCUT2D eigenvalue weighted by Gasteiger charge is -2.13. The molecule has 2 atom stereocenters. The van der Waals surface area contributed by atoms with Gasteiger partial charge in [0.1, 0.15) is 0 Å². The highest BCUT2D eigenvalue weighted by Crippen LogP contribution is 2.49. The Morgan fingerprint density at radius 3 is 2.59 bits per heavy atom. The van der Waals surface area contributed by atoms with E-state index >= 15 is 0 Å². The van der Waals surface area contributed by atoms with Gasteiger partial charge in [-0.25, -0.2) is 0 Å². The zero-order valence-electron chi connectivity index (χ0n) is 15.1. The molecule has 2 unspecified atom stereocenters. The summed E-state index contributed by atoms with van der Waals surface area (Å²) in [6, 6.07) is 23.0. The first-order valence-corrected chi connectivity index (χ1v) is 9.53. The molecule has 0 aliphatic heterocycles. The molecule has 4 heteroatoms. The van der Waals surface area contributed by atoms with Crippen molar-refractivity contribution in [1.29, 1.82) is 5.26 Å². The summed E-state index contributed by atoms with van der Waals surface area (Å²) in [5.74, 6) is 1.42. The molecule has 1 N–H and O–H groups in total. The highest BCUT2D eigenvalue weighted by atomic mass is 16.5. The summed E-state index contributed by atoms with van der Waals surface area (Å²) in [6.45, 7) is 0.959. The predicted molar refractivity (Wildman–Crippen MR) is 103 cm³/mol. The summed E-state index contributed by atoms with van der Waals surface area (Å²) in [5, 5.41) is 17.0. The van der Waals surface area contributed by atoms with Gasteiger partial charge in [-0.1, -0.05) is 35.5 Å². The molecule has 27 heavy (non-hydrogen) atoms. The van der Waals surface area contributed by atoms with Crippen molar-refractivity contribution in [3.63, 3.8) is 0 Å². The van der Waals surface area contributed by atoms with Gasteiger partial charge in [-0.15, -0.1) is 0 Å². The second-order valence-corrected chi connectivity index (χ2v) is 7.79. The molecular weight excluding hydrogens is 334 g/mol. The number of nitriles is 1. The molecule has 0 radical (unpaired) electrons. The van der Waals surface area contributed by atoms with E-state index in [2.05, 4.69) is 52.9 Å². The normalized spacial score (nSPS) is 22.2. The van der Waals surface area contributed by atoms with Crippen LogP contribution in [0.15, 0.2) is 65.2 Å². The van der Waals surface area contributed by atoms with Crippen LogP contribution < -0.4 is 5.32 Å². The second kappa shape index (κ2) is 6.37. The standard InChI is InChI=1S/C23H21N3O/c24-14-16-6-8-18(9-7-16)21-13-22(26-27-21)23(10-11-23)15-25-20-12-19(20)17-4-2-1-3-5-17/h1-9,13,19-20,25H,10-12,15H2. The minimum Gasteiger partial charge on any atom is -0.356 e. The third-order valence-electron chi connectivity index (χ3n) is 5.93. The molecule has 2 fully saturated rings. The van der Waals surface area contributed by atoms with E-state index in [0.29, 0.717) is 17.5 Å². The van der Waals surface area contributed by atoms with Crippen molar-refractivity contribution in [2.24, 2.45) is 0 Å². The second-order valence-electron chi connectivity index (χ2n) is 7.79. The maximum Gasteiger partial charge on any atom is 0.167 e. The fraction of sp³-hybridized carbons (Fsp3) is 0.304. The topological polar surface area (TPSA) is 61.9 Å². The highest BCUT2D eigenvalue weighted by molar-refractivity contribution is 5.59. The summed E-state index contributed by atoms with van der Waals surface area (Å²) < 4.78 is 5.60. The van der Waals surface area contributed by atoms with E-state index in [0.717, 1.165) is 36.4 Å². The molecule has 1 aromatic heterocycles. The van der Waals surface area contributed by atoms with E-state index in [4.69, 9.17) is 9.78 Å². The van der Waals surface area contributed by atoms with Crippen LogP contribution in [0.4, 0.5) is 0 Å². The van der Waals surface area contributed by atoms with Crippen molar-refractivity contribution < 1.29 is 4.52 Å². The van der Waals surface area contributed by atoms with Crippen molar-refractivity contribution in [2.45, 2.75) is 36.6 Å². The molecule has 3 aromatic rings. The first-order chi connectivity index (χ1) is 13.3. The number of nitrogens with one attached hydrogen (secondary N) is 1. The summed E-state index contributed by atoms with van der Waals surface area (Å²) in [5.41, 5.74) is 4.22. The molecule has 134 valence electrons. The van der Waals surface area contributed by atoms with E-state index in [1.54, 1.807) is 0 Å². The summed E-state index contributed by atoms with van der Waals surface area (Å²) in [6.07, 6.45) is 3.53. The van der Waals surface area contributed by atoms with Gasteiger partial charge < -0.3 is 9.84 Å². The summed E-state index contributed by atoms with van der Waals surface area (Å²) >= 11 is 0. The van der Waals surface area contributed by atoms with Crippen LogP contribution in [0.25, 0.3) is 11.3 Å². The molecule has 5 rings (SSSR count). The zero-order chi connectivity index (χ0) is 18.3. The monoisotopic (exact) mass is 355 g/mol. The van der Waals surface area contributed by atoms with E-state index in [9.17, 15) is 0 Å². The molecule has 2 saturated carbocycles. The van der Waals surface area contributed by atoms with Gasteiger partial charge in [0, 0.05) is 35.5 Å². The molecule has 2 aliphatic rings. The van der Waals surface area contributed by atoms with Crippen molar-refractivity contribution in [2.75, 3.05) is 6.54 Å². The zero-order valence-corrected chi connectivity index (χ0v) is 15.1. The number of rotatable bonds is 6. The molecule has 0 amide bonds. The Morgan fingerprint density at radius 2 is 1.89 bits per heavy atom. The van der Waals surface area contributed by atoms with Crippen LogP contribution in [0.5, 0.6) is 0 Å². The van der Waals surface area contributed by atoms with Crippen LogP contribution in [0.3, 0.4) is 0 Å². The van der Waals surface area contributed by atoms with Crippen molar-refractivity contribution in [3.05, 3.63) is 77.5 Å². The van der Waals surface area contributed by atoms with Gasteiger partial charge in [-0.2, -0.15) is 5.26 Å². The fourth-order valence-corrected chi connectivity index (χ4v) is 3.86. The minimum atomic E-state index is 0.123. The van der Waals surface area contributed by atoms with Gasteiger partial charge >= 0.3 is 0 Å². The third kappa shape index (κ3) is 3.15. The largest absolute Gasteiger partial charge is 0.356 e. The Labute approximate surface area is 158 Å². The van der Waals surface area contributed by atoms with Crippen LogP contribution >= 0.6 is 0 Å². The Bertz CT molecular complexity index is 980. The first-order valence-electron chi connectivity index (χ1n) is 9.53. The van der Waals surface area contributed by atoms with Crippen molar-refractivity contribution in [1.82, 2.24) is 10.5 Å². The minimum absolute atomic E-state index is 0.123. The van der Waals surface area contributed by atoms with E-state index < -0.39 is 0 Å². The average molecular weight is 355 g/mol. The lowest BCUT2D eigenvalue weighted by Crippen LogP contribution is -2.29. The van der Waals surface area contributed by atoms with Gasteiger partial charge in [-0.05, 0) is 49.1 Å². The molecule has 4 nitrogen and oxygen atoms in total. The molecule has 0 spiro atoms. The van der Waals surface area contributed by atoms with Gasteiger partial charge in [0.05, 0.1) is 17.3 Å². The van der Waals surface area contributed by atoms with Crippen LogP contribution in [-0.2, 0) is 5.41 Å². The van der Waals surface area contributed by atoms with E-state index in [1.165, 1.54) is 12.0 Å². The van der Waals surface area contributed by atoms with Gasteiger partial charge in [0.2, 0.25) is 0 Å². The Balaban J connectivity index is 1.24. The third-order valence-corrected chi connectivity index (χ3v) is 5.93. The number of aromatic nitrogens is 1. The average Bonchev–Trinajstić information content (AvgIpc) is 3.64. The quantitative estimate of drug-likeness (QED) is 0.712. The molecule has 0 saturated heterocycles. The number of nitrogens with zero attached hydrogens (tertiary/aromatic N) is 2. The molecule has 1 heterocycles. The predicted octanol–water partition coefficient (Wildman–Crippen LogP) is 4.39. The lowest BCUT2D eigenvalue weighted by molar-refractivity contribution is 0.409. The first kappa shape index (κ1) is 16.3. The van der Waals surface area contributed by atoms with Gasteiger partial charge in [0.15, 0.2) is 5.76 Å². The molecular formula is C23H21N3O. The van der Waals surface area contributed by atoms with Gasteiger partial charge in [-0.3, -0.25) is 0 Å². The SMILES string of the molecule is N#Cc1ccc(-c2cc(C3(CNC4CC4c4ccccc4)CC3)no2)cc1.